The number of nitrogens with zero attached hydrogens (tertiary/aromatic N) is 2. The van der Waals surface area contributed by atoms with Gasteiger partial charge < -0.3 is 18.9 Å². The Hall–Kier alpha value is -2.70. The number of hydrogen-bond acceptors (Lipinski definition) is 3. The van der Waals surface area contributed by atoms with Crippen molar-refractivity contribution >= 4 is 16.8 Å². The van der Waals surface area contributed by atoms with Crippen molar-refractivity contribution in [1.29, 1.82) is 0 Å². The third kappa shape index (κ3) is 3.61. The lowest BCUT2D eigenvalue weighted by atomic mass is 9.96. The molecule has 2 saturated heterocycles. The number of para-hydroxylation sites is 1. The van der Waals surface area contributed by atoms with Crippen molar-refractivity contribution in [2.75, 3.05) is 26.3 Å². The zero-order chi connectivity index (χ0) is 20.5. The summed E-state index contributed by atoms with van der Waals surface area (Å²) in [5.41, 5.74) is 2.11. The van der Waals surface area contributed by atoms with Crippen molar-refractivity contribution in [3.8, 4) is 0 Å². The highest BCUT2D eigenvalue weighted by Gasteiger charge is 2.33. The van der Waals surface area contributed by atoms with Gasteiger partial charge in [0.1, 0.15) is 11.5 Å². The summed E-state index contributed by atoms with van der Waals surface area (Å²) >= 11 is 0. The minimum Gasteiger partial charge on any atom is -0.350 e. The third-order valence-corrected chi connectivity index (χ3v) is 6.18. The number of carbonyl (C=O) groups is 1. The number of likely N-dealkylation sites (tertiary alicyclic amines) is 1. The second-order valence-corrected chi connectivity index (χ2v) is 8.01. The predicted octanol–water partition coefficient (Wildman–Crippen LogP) is 4.05. The first-order valence-electron chi connectivity index (χ1n) is 10.5. The smallest absolute Gasteiger partial charge is 0.270 e. The summed E-state index contributed by atoms with van der Waals surface area (Å²) in [5.74, 6) is 0.0705. The van der Waals surface area contributed by atoms with Crippen molar-refractivity contribution in [3.05, 3.63) is 71.7 Å². The van der Waals surface area contributed by atoms with E-state index in [1.807, 2.05) is 45.9 Å². The number of carbonyl (C=O) groups excluding carboxylic acids is 1. The van der Waals surface area contributed by atoms with E-state index in [1.54, 1.807) is 12.1 Å². The highest BCUT2D eigenvalue weighted by molar-refractivity contribution is 5.99. The largest absolute Gasteiger partial charge is 0.350 e. The quantitative estimate of drug-likeness (QED) is 0.654. The zero-order valence-electron chi connectivity index (χ0n) is 16.8. The third-order valence-electron chi connectivity index (χ3n) is 6.18. The van der Waals surface area contributed by atoms with Gasteiger partial charge in [-0.1, -0.05) is 36.4 Å². The number of rotatable bonds is 4. The molecule has 5 rings (SSSR count). The molecule has 3 heterocycles. The molecule has 1 aromatic heterocycles. The first-order valence-corrected chi connectivity index (χ1v) is 10.5. The van der Waals surface area contributed by atoms with E-state index in [0.717, 1.165) is 23.7 Å². The molecule has 1 amide bonds. The van der Waals surface area contributed by atoms with Crippen LogP contribution in [0.4, 0.5) is 4.39 Å². The van der Waals surface area contributed by atoms with Crippen LogP contribution in [0.2, 0.25) is 0 Å². The van der Waals surface area contributed by atoms with Crippen molar-refractivity contribution in [2.24, 2.45) is 5.92 Å². The summed E-state index contributed by atoms with van der Waals surface area (Å²) in [6.07, 6.45) is 1.60. The Morgan fingerprint density at radius 1 is 1.00 bits per heavy atom. The Morgan fingerprint density at radius 3 is 2.47 bits per heavy atom. The Labute approximate surface area is 175 Å². The van der Waals surface area contributed by atoms with Crippen LogP contribution < -0.4 is 0 Å². The Kier molecular flexibility index (Phi) is 5.27. The van der Waals surface area contributed by atoms with Gasteiger partial charge in [0.25, 0.3) is 5.91 Å². The second kappa shape index (κ2) is 8.20. The van der Waals surface area contributed by atoms with Gasteiger partial charge in [0.15, 0.2) is 6.29 Å². The van der Waals surface area contributed by atoms with Gasteiger partial charge in [-0.3, -0.25) is 4.79 Å². The van der Waals surface area contributed by atoms with Crippen LogP contribution in [0.5, 0.6) is 0 Å². The molecule has 6 heteroatoms. The molecule has 0 spiro atoms. The molecule has 30 heavy (non-hydrogen) atoms. The van der Waals surface area contributed by atoms with Crippen LogP contribution in [0.3, 0.4) is 0 Å². The van der Waals surface area contributed by atoms with Gasteiger partial charge >= 0.3 is 0 Å². The van der Waals surface area contributed by atoms with Gasteiger partial charge in [-0.2, -0.15) is 0 Å². The molecular formula is C24H25FN2O3. The van der Waals surface area contributed by atoms with Crippen LogP contribution in [0.25, 0.3) is 10.9 Å². The van der Waals surface area contributed by atoms with E-state index >= 15 is 0 Å². The average molecular weight is 408 g/mol. The van der Waals surface area contributed by atoms with E-state index in [4.69, 9.17) is 9.47 Å². The summed E-state index contributed by atoms with van der Waals surface area (Å²) < 4.78 is 27.6. The van der Waals surface area contributed by atoms with E-state index in [0.29, 0.717) is 50.0 Å². The molecule has 2 fully saturated rings. The zero-order valence-corrected chi connectivity index (χ0v) is 16.8. The van der Waals surface area contributed by atoms with Crippen molar-refractivity contribution in [3.63, 3.8) is 0 Å². The number of fused-ring (bicyclic) bond motifs is 1. The first kappa shape index (κ1) is 19.3. The van der Waals surface area contributed by atoms with Crippen LogP contribution in [-0.2, 0) is 16.0 Å². The Morgan fingerprint density at radius 2 is 1.70 bits per heavy atom. The fraction of sp³-hybridized carbons (Fsp3) is 0.375. The molecule has 2 aromatic carbocycles. The Bertz CT molecular complexity index is 1050. The number of benzene rings is 2. The highest BCUT2D eigenvalue weighted by atomic mass is 19.1. The summed E-state index contributed by atoms with van der Waals surface area (Å²) in [6, 6.07) is 16.5. The highest BCUT2D eigenvalue weighted by Crippen LogP contribution is 2.28. The topological polar surface area (TPSA) is 43.7 Å². The standard InChI is InChI=1S/C24H25FN2O3/c25-20-7-3-1-6-19(20)16-27-21-8-4-2-5-18(21)15-22(27)23(28)26-11-9-17(10-12-26)24-29-13-14-30-24/h1-8,15,17,24H,9-14,16H2. The number of piperidine rings is 1. The minimum atomic E-state index is -0.258. The molecule has 0 atom stereocenters. The van der Waals surface area contributed by atoms with Crippen molar-refractivity contribution in [2.45, 2.75) is 25.7 Å². The summed E-state index contributed by atoms with van der Waals surface area (Å²) in [4.78, 5) is 15.3. The maximum absolute atomic E-state index is 14.3. The van der Waals surface area contributed by atoms with Crippen LogP contribution in [0.1, 0.15) is 28.9 Å². The van der Waals surface area contributed by atoms with E-state index < -0.39 is 0 Å². The molecule has 2 aliphatic heterocycles. The van der Waals surface area contributed by atoms with E-state index in [-0.39, 0.29) is 18.0 Å². The number of halogens is 1. The molecule has 0 saturated carbocycles. The molecule has 2 aliphatic rings. The van der Waals surface area contributed by atoms with Gasteiger partial charge in [-0.25, -0.2) is 4.39 Å². The average Bonchev–Trinajstić information content (AvgIpc) is 3.44. The maximum atomic E-state index is 14.3. The SMILES string of the molecule is O=C(c1cc2ccccc2n1Cc1ccccc1F)N1CCC(C2OCCO2)CC1. The van der Waals surface area contributed by atoms with Crippen molar-refractivity contribution < 1.29 is 18.7 Å². The monoisotopic (exact) mass is 408 g/mol. The van der Waals surface area contributed by atoms with Gasteiger partial charge in [0, 0.05) is 35.5 Å². The number of amides is 1. The molecular weight excluding hydrogens is 383 g/mol. The fourth-order valence-corrected chi connectivity index (χ4v) is 4.54. The summed E-state index contributed by atoms with van der Waals surface area (Å²) in [7, 11) is 0. The number of ether oxygens (including phenoxy) is 2. The molecule has 0 radical (unpaired) electrons. The summed E-state index contributed by atoms with van der Waals surface area (Å²) in [5, 5.41) is 0.986. The van der Waals surface area contributed by atoms with E-state index in [2.05, 4.69) is 0 Å². The molecule has 3 aromatic rings. The van der Waals surface area contributed by atoms with Gasteiger partial charge in [-0.05, 0) is 31.0 Å². The van der Waals surface area contributed by atoms with Crippen LogP contribution in [0, 0.1) is 11.7 Å². The van der Waals surface area contributed by atoms with E-state index in [9.17, 15) is 9.18 Å². The van der Waals surface area contributed by atoms with E-state index in [1.165, 1.54) is 6.07 Å². The molecule has 0 N–H and O–H groups in total. The van der Waals surface area contributed by atoms with Crippen LogP contribution in [0.15, 0.2) is 54.6 Å². The van der Waals surface area contributed by atoms with Crippen molar-refractivity contribution in [1.82, 2.24) is 9.47 Å². The first-order chi connectivity index (χ1) is 14.7. The van der Waals surface area contributed by atoms with Crippen LogP contribution >= 0.6 is 0 Å². The minimum absolute atomic E-state index is 0.00533. The number of aromatic nitrogens is 1. The molecule has 0 unspecified atom stereocenters. The molecule has 5 nitrogen and oxygen atoms in total. The maximum Gasteiger partial charge on any atom is 0.270 e. The Balaban J connectivity index is 1.41. The fourth-order valence-electron chi connectivity index (χ4n) is 4.54. The number of hydrogen-bond donors (Lipinski definition) is 0. The lowest BCUT2D eigenvalue weighted by molar-refractivity contribution is -0.0956. The lowest BCUT2D eigenvalue weighted by Gasteiger charge is -2.34. The second-order valence-electron chi connectivity index (χ2n) is 8.01. The van der Waals surface area contributed by atoms with Gasteiger partial charge in [0.2, 0.25) is 0 Å². The predicted molar refractivity (Wildman–Crippen MR) is 112 cm³/mol. The molecule has 0 bridgehead atoms. The van der Waals surface area contributed by atoms with Gasteiger partial charge in [0.05, 0.1) is 19.8 Å². The lowest BCUT2D eigenvalue weighted by Crippen LogP contribution is -2.42. The van der Waals surface area contributed by atoms with Gasteiger partial charge in [-0.15, -0.1) is 0 Å². The summed E-state index contributed by atoms with van der Waals surface area (Å²) in [6.45, 7) is 2.98. The molecule has 0 aliphatic carbocycles. The van der Waals surface area contributed by atoms with Crippen LogP contribution in [-0.4, -0.2) is 48.0 Å². The molecule has 156 valence electrons. The normalized spacial score (nSPS) is 18.4.